The Balaban J connectivity index is 2.06. The van der Waals surface area contributed by atoms with Gasteiger partial charge in [-0.1, -0.05) is 0 Å². The zero-order valence-electron chi connectivity index (χ0n) is 10.1. The molecule has 104 valence electrons. The van der Waals surface area contributed by atoms with Crippen LogP contribution in [0, 0.1) is 11.3 Å². The zero-order chi connectivity index (χ0) is 14.3. The highest BCUT2D eigenvalue weighted by Gasteiger charge is 2.47. The molecule has 3 heterocycles. The van der Waals surface area contributed by atoms with Gasteiger partial charge in [0.15, 0.2) is 6.04 Å². The number of hydrogen-bond donors (Lipinski definition) is 1. The van der Waals surface area contributed by atoms with Crippen LogP contribution in [-0.2, 0) is 0 Å². The van der Waals surface area contributed by atoms with Gasteiger partial charge in [0.25, 0.3) is 0 Å². The maximum absolute atomic E-state index is 13.1. The highest BCUT2D eigenvalue weighted by molar-refractivity contribution is 5.54. The number of nitriles is 1. The average Bonchev–Trinajstić information content (AvgIpc) is 3.05. The molecule has 0 radical (unpaired) electrons. The summed E-state index contributed by atoms with van der Waals surface area (Å²) >= 11 is 0. The van der Waals surface area contributed by atoms with E-state index in [1.54, 1.807) is 12.1 Å². The molecular weight excluding hydrogens is 273 g/mol. The lowest BCUT2D eigenvalue weighted by atomic mass is 10.0. The fourth-order valence-electron chi connectivity index (χ4n) is 2.32. The smallest absolute Gasteiger partial charge is 0.410 e. The van der Waals surface area contributed by atoms with Crippen LogP contribution in [0.2, 0.25) is 0 Å². The second-order valence-corrected chi connectivity index (χ2v) is 4.47. The monoisotopic (exact) mass is 282 g/mol. The predicted octanol–water partition coefficient (Wildman–Crippen LogP) is 3.01. The molecule has 1 aliphatic rings. The maximum Gasteiger partial charge on any atom is 0.410 e. The third-order valence-electron chi connectivity index (χ3n) is 3.25. The fourth-order valence-corrected chi connectivity index (χ4v) is 2.32. The number of halogens is 3. The van der Waals surface area contributed by atoms with Gasteiger partial charge in [-0.3, -0.25) is 0 Å². The molecule has 5 nitrogen and oxygen atoms in total. The van der Waals surface area contributed by atoms with E-state index in [9.17, 15) is 13.2 Å². The Morgan fingerprint density at radius 2 is 2.30 bits per heavy atom. The van der Waals surface area contributed by atoms with E-state index in [4.69, 9.17) is 9.68 Å². The minimum atomic E-state index is -4.44. The SMILES string of the molecule is N#Cc1cnn2c1N[C@H](c1ccco1)C[C@H]2C(F)(F)F. The number of nitrogens with zero attached hydrogens (tertiary/aromatic N) is 3. The van der Waals surface area contributed by atoms with E-state index >= 15 is 0 Å². The number of aromatic nitrogens is 2. The minimum absolute atomic E-state index is 0.0717. The Bertz CT molecular complexity index is 653. The Hall–Kier alpha value is -2.43. The van der Waals surface area contributed by atoms with E-state index in [1.807, 2.05) is 6.07 Å². The molecule has 0 aromatic carbocycles. The summed E-state index contributed by atoms with van der Waals surface area (Å²) in [5.41, 5.74) is 0.0792. The zero-order valence-corrected chi connectivity index (χ0v) is 10.1. The van der Waals surface area contributed by atoms with Crippen LogP contribution < -0.4 is 5.32 Å². The normalized spacial score (nSPS) is 21.9. The summed E-state index contributed by atoms with van der Waals surface area (Å²) in [6, 6.07) is 2.61. The Morgan fingerprint density at radius 3 is 2.90 bits per heavy atom. The maximum atomic E-state index is 13.1. The van der Waals surface area contributed by atoms with Crippen LogP contribution in [0.4, 0.5) is 19.0 Å². The molecular formula is C12H9F3N4O. The number of rotatable bonds is 1. The van der Waals surface area contributed by atoms with Crippen molar-refractivity contribution in [2.24, 2.45) is 0 Å². The van der Waals surface area contributed by atoms with E-state index in [1.165, 1.54) is 6.26 Å². The van der Waals surface area contributed by atoms with Crippen LogP contribution in [0.3, 0.4) is 0 Å². The summed E-state index contributed by atoms with van der Waals surface area (Å²) in [6.07, 6.45) is -2.15. The van der Waals surface area contributed by atoms with Gasteiger partial charge in [0.05, 0.1) is 18.5 Å². The summed E-state index contributed by atoms with van der Waals surface area (Å²) in [7, 11) is 0. The molecule has 0 spiro atoms. The van der Waals surface area contributed by atoms with Crippen molar-refractivity contribution in [3.8, 4) is 6.07 Å². The number of furan rings is 1. The molecule has 8 heteroatoms. The minimum Gasteiger partial charge on any atom is -0.467 e. The quantitative estimate of drug-likeness (QED) is 0.873. The van der Waals surface area contributed by atoms with Gasteiger partial charge in [0, 0.05) is 6.42 Å². The van der Waals surface area contributed by atoms with Gasteiger partial charge >= 0.3 is 6.18 Å². The van der Waals surface area contributed by atoms with Crippen LogP contribution >= 0.6 is 0 Å². The summed E-state index contributed by atoms with van der Waals surface area (Å²) in [5.74, 6) is 0.470. The molecule has 2 atom stereocenters. The van der Waals surface area contributed by atoms with Crippen LogP contribution in [0.5, 0.6) is 0 Å². The first-order valence-electron chi connectivity index (χ1n) is 5.85. The number of anilines is 1. The molecule has 0 bridgehead atoms. The van der Waals surface area contributed by atoms with Gasteiger partial charge in [-0.05, 0) is 12.1 Å². The van der Waals surface area contributed by atoms with Crippen LogP contribution in [-0.4, -0.2) is 16.0 Å². The molecule has 1 aliphatic heterocycles. The van der Waals surface area contributed by atoms with Crippen LogP contribution in [0.25, 0.3) is 0 Å². The number of hydrogen-bond acceptors (Lipinski definition) is 4. The van der Waals surface area contributed by atoms with Gasteiger partial charge in [-0.2, -0.15) is 23.5 Å². The largest absolute Gasteiger partial charge is 0.467 e. The Morgan fingerprint density at radius 1 is 1.50 bits per heavy atom. The van der Waals surface area contributed by atoms with Gasteiger partial charge < -0.3 is 9.73 Å². The second kappa shape index (κ2) is 4.30. The van der Waals surface area contributed by atoms with Crippen molar-refractivity contribution in [1.82, 2.24) is 9.78 Å². The number of nitrogens with one attached hydrogen (secondary N) is 1. The number of alkyl halides is 3. The predicted molar refractivity (Wildman–Crippen MR) is 61.7 cm³/mol. The number of fused-ring (bicyclic) bond motifs is 1. The topological polar surface area (TPSA) is 66.8 Å². The molecule has 2 aromatic heterocycles. The van der Waals surface area contributed by atoms with Crippen LogP contribution in [0.1, 0.15) is 29.8 Å². The molecule has 0 unspecified atom stereocenters. The molecule has 0 fully saturated rings. The standard InChI is InChI=1S/C12H9F3N4O/c13-12(14,15)10-4-8(9-2-1-3-20-9)18-11-7(5-16)6-17-19(10)11/h1-3,6,8,10,18H,4H2/t8-,10-/m0/s1. The van der Waals surface area contributed by atoms with Crippen molar-refractivity contribution < 1.29 is 17.6 Å². The summed E-state index contributed by atoms with van der Waals surface area (Å²) in [6.45, 7) is 0. The van der Waals surface area contributed by atoms with E-state index in [2.05, 4.69) is 10.4 Å². The highest BCUT2D eigenvalue weighted by atomic mass is 19.4. The van der Waals surface area contributed by atoms with Crippen molar-refractivity contribution >= 4 is 5.82 Å². The van der Waals surface area contributed by atoms with Crippen molar-refractivity contribution in [2.45, 2.75) is 24.7 Å². The highest BCUT2D eigenvalue weighted by Crippen LogP contribution is 2.44. The third kappa shape index (κ3) is 1.91. The summed E-state index contributed by atoms with van der Waals surface area (Å²) in [4.78, 5) is 0. The van der Waals surface area contributed by atoms with E-state index in [0.717, 1.165) is 10.9 Å². The van der Waals surface area contributed by atoms with Gasteiger partial charge in [-0.15, -0.1) is 0 Å². The van der Waals surface area contributed by atoms with Crippen molar-refractivity contribution in [1.29, 1.82) is 5.26 Å². The lowest BCUT2D eigenvalue weighted by Crippen LogP contribution is -2.35. The van der Waals surface area contributed by atoms with Crippen molar-refractivity contribution in [3.05, 3.63) is 35.9 Å². The van der Waals surface area contributed by atoms with Crippen molar-refractivity contribution in [2.75, 3.05) is 5.32 Å². The molecule has 0 saturated heterocycles. The van der Waals surface area contributed by atoms with Gasteiger partial charge in [0.2, 0.25) is 0 Å². The molecule has 3 rings (SSSR count). The fraction of sp³-hybridized carbons (Fsp3) is 0.333. The lowest BCUT2D eigenvalue weighted by Gasteiger charge is -2.32. The lowest BCUT2D eigenvalue weighted by molar-refractivity contribution is -0.174. The van der Waals surface area contributed by atoms with Crippen LogP contribution in [0.15, 0.2) is 29.0 Å². The summed E-state index contributed by atoms with van der Waals surface area (Å²) < 4.78 is 45.4. The average molecular weight is 282 g/mol. The molecule has 2 aromatic rings. The third-order valence-corrected chi connectivity index (χ3v) is 3.25. The molecule has 0 amide bonds. The van der Waals surface area contributed by atoms with E-state index in [0.29, 0.717) is 5.76 Å². The summed E-state index contributed by atoms with van der Waals surface area (Å²) in [5, 5.41) is 15.5. The van der Waals surface area contributed by atoms with E-state index in [-0.39, 0.29) is 17.8 Å². The van der Waals surface area contributed by atoms with Gasteiger partial charge in [0.1, 0.15) is 23.2 Å². The first-order valence-corrected chi connectivity index (χ1v) is 5.85. The molecule has 0 saturated carbocycles. The van der Waals surface area contributed by atoms with Gasteiger partial charge in [-0.25, -0.2) is 4.68 Å². The van der Waals surface area contributed by atoms with Crippen molar-refractivity contribution in [3.63, 3.8) is 0 Å². The molecule has 20 heavy (non-hydrogen) atoms. The Kier molecular flexibility index (Phi) is 2.71. The first-order chi connectivity index (χ1) is 9.50. The molecule has 1 N–H and O–H groups in total. The molecule has 0 aliphatic carbocycles. The Labute approximate surface area is 111 Å². The van der Waals surface area contributed by atoms with E-state index < -0.39 is 18.3 Å². The first kappa shape index (κ1) is 12.6. The second-order valence-electron chi connectivity index (χ2n) is 4.47.